The van der Waals surface area contributed by atoms with E-state index >= 15 is 0 Å². The van der Waals surface area contributed by atoms with E-state index in [1.807, 2.05) is 4.90 Å². The molecule has 7 heteroatoms. The Morgan fingerprint density at radius 2 is 2.19 bits per heavy atom. The van der Waals surface area contributed by atoms with E-state index in [0.717, 1.165) is 32.6 Å². The lowest BCUT2D eigenvalue weighted by Crippen LogP contribution is -2.33. The Balaban J connectivity index is 1.60. The van der Waals surface area contributed by atoms with Crippen LogP contribution >= 0.6 is 0 Å². The smallest absolute Gasteiger partial charge is 0.283 e. The first-order valence-electron chi connectivity index (χ1n) is 7.06. The van der Waals surface area contributed by atoms with Crippen molar-refractivity contribution in [3.8, 4) is 11.7 Å². The minimum absolute atomic E-state index is 0.134. The molecule has 112 valence electrons. The number of hydrogen-bond donors (Lipinski definition) is 0. The fraction of sp³-hybridized carbons (Fsp3) is 0.500. The van der Waals surface area contributed by atoms with Crippen LogP contribution < -0.4 is 0 Å². The van der Waals surface area contributed by atoms with Gasteiger partial charge in [-0.1, -0.05) is 0 Å². The lowest BCUT2D eigenvalue weighted by molar-refractivity contribution is -0.128. The number of rotatable bonds is 3. The molecule has 3 rings (SSSR count). The zero-order valence-electron chi connectivity index (χ0n) is 12.0. The third-order valence-corrected chi connectivity index (χ3v) is 3.59. The SMILES string of the molecule is CC(=O)N1CCCN(Cc2nnc(-c3ccco3)o2)CC1. The van der Waals surface area contributed by atoms with Crippen LogP contribution in [0.2, 0.25) is 0 Å². The Hall–Kier alpha value is -2.15. The van der Waals surface area contributed by atoms with Crippen molar-refractivity contribution in [3.63, 3.8) is 0 Å². The highest BCUT2D eigenvalue weighted by Gasteiger charge is 2.19. The maximum Gasteiger partial charge on any atom is 0.283 e. The molecule has 1 fully saturated rings. The van der Waals surface area contributed by atoms with Gasteiger partial charge in [-0.3, -0.25) is 9.69 Å². The topological polar surface area (TPSA) is 75.6 Å². The summed E-state index contributed by atoms with van der Waals surface area (Å²) in [4.78, 5) is 15.5. The molecule has 2 aromatic rings. The summed E-state index contributed by atoms with van der Waals surface area (Å²) in [7, 11) is 0. The van der Waals surface area contributed by atoms with Gasteiger partial charge < -0.3 is 13.7 Å². The summed E-state index contributed by atoms with van der Waals surface area (Å²) in [5.74, 6) is 1.68. The average molecular weight is 290 g/mol. The molecule has 0 unspecified atom stereocenters. The predicted molar refractivity (Wildman–Crippen MR) is 74.1 cm³/mol. The Kier molecular flexibility index (Phi) is 4.01. The highest BCUT2D eigenvalue weighted by atomic mass is 16.4. The van der Waals surface area contributed by atoms with Crippen LogP contribution in [0.4, 0.5) is 0 Å². The van der Waals surface area contributed by atoms with Gasteiger partial charge in [0.15, 0.2) is 5.76 Å². The summed E-state index contributed by atoms with van der Waals surface area (Å²) in [6.07, 6.45) is 2.53. The van der Waals surface area contributed by atoms with Gasteiger partial charge in [0.05, 0.1) is 12.8 Å². The van der Waals surface area contributed by atoms with Crippen molar-refractivity contribution in [2.45, 2.75) is 19.9 Å². The van der Waals surface area contributed by atoms with Crippen LogP contribution in [-0.2, 0) is 11.3 Å². The highest BCUT2D eigenvalue weighted by molar-refractivity contribution is 5.73. The number of aromatic nitrogens is 2. The van der Waals surface area contributed by atoms with Gasteiger partial charge in [0.2, 0.25) is 11.8 Å². The summed E-state index contributed by atoms with van der Waals surface area (Å²) in [6, 6.07) is 3.57. The number of amides is 1. The van der Waals surface area contributed by atoms with Gasteiger partial charge in [-0.05, 0) is 18.6 Å². The van der Waals surface area contributed by atoms with E-state index in [4.69, 9.17) is 8.83 Å². The number of hydrogen-bond acceptors (Lipinski definition) is 6. The van der Waals surface area contributed by atoms with E-state index in [9.17, 15) is 4.79 Å². The van der Waals surface area contributed by atoms with E-state index in [1.54, 1.807) is 25.3 Å². The maximum absolute atomic E-state index is 11.4. The second-order valence-electron chi connectivity index (χ2n) is 5.11. The molecule has 7 nitrogen and oxygen atoms in total. The Morgan fingerprint density at radius 1 is 1.29 bits per heavy atom. The molecule has 0 aliphatic carbocycles. The number of furan rings is 1. The summed E-state index contributed by atoms with van der Waals surface area (Å²) in [6.45, 7) is 5.50. The summed E-state index contributed by atoms with van der Waals surface area (Å²) >= 11 is 0. The first kappa shape index (κ1) is 13.8. The van der Waals surface area contributed by atoms with E-state index in [1.165, 1.54) is 0 Å². The van der Waals surface area contributed by atoms with Crippen molar-refractivity contribution < 1.29 is 13.6 Å². The van der Waals surface area contributed by atoms with E-state index in [2.05, 4.69) is 15.1 Å². The van der Waals surface area contributed by atoms with Gasteiger partial charge in [0.25, 0.3) is 5.89 Å². The van der Waals surface area contributed by atoms with E-state index in [0.29, 0.717) is 24.1 Å². The summed E-state index contributed by atoms with van der Waals surface area (Å²) in [5, 5.41) is 8.04. The van der Waals surface area contributed by atoms with Crippen LogP contribution in [0, 0.1) is 0 Å². The van der Waals surface area contributed by atoms with Gasteiger partial charge in [-0.2, -0.15) is 0 Å². The van der Waals surface area contributed by atoms with E-state index in [-0.39, 0.29) is 5.91 Å². The molecule has 1 amide bonds. The van der Waals surface area contributed by atoms with Crippen molar-refractivity contribution in [1.29, 1.82) is 0 Å². The number of carbonyl (C=O) groups is 1. The molecule has 0 bridgehead atoms. The predicted octanol–water partition coefficient (Wildman–Crippen LogP) is 1.38. The van der Waals surface area contributed by atoms with Gasteiger partial charge in [-0.25, -0.2) is 0 Å². The van der Waals surface area contributed by atoms with Crippen LogP contribution in [0.3, 0.4) is 0 Å². The number of carbonyl (C=O) groups excluding carboxylic acids is 1. The first-order chi connectivity index (χ1) is 10.2. The van der Waals surface area contributed by atoms with Crippen molar-refractivity contribution >= 4 is 5.91 Å². The van der Waals surface area contributed by atoms with Gasteiger partial charge in [0.1, 0.15) is 0 Å². The molecule has 0 radical (unpaired) electrons. The lowest BCUT2D eigenvalue weighted by atomic mass is 10.4. The Morgan fingerprint density at radius 3 is 2.95 bits per heavy atom. The molecule has 3 heterocycles. The highest BCUT2D eigenvalue weighted by Crippen LogP contribution is 2.18. The second-order valence-corrected chi connectivity index (χ2v) is 5.11. The zero-order chi connectivity index (χ0) is 14.7. The molecular weight excluding hydrogens is 272 g/mol. The quantitative estimate of drug-likeness (QED) is 0.850. The van der Waals surface area contributed by atoms with Gasteiger partial charge in [0, 0.05) is 33.1 Å². The van der Waals surface area contributed by atoms with Crippen molar-refractivity contribution in [2.75, 3.05) is 26.2 Å². The largest absolute Gasteiger partial charge is 0.459 e. The van der Waals surface area contributed by atoms with E-state index < -0.39 is 0 Å². The van der Waals surface area contributed by atoms with Crippen molar-refractivity contribution in [1.82, 2.24) is 20.0 Å². The minimum Gasteiger partial charge on any atom is -0.459 e. The third kappa shape index (κ3) is 3.30. The number of nitrogens with zero attached hydrogens (tertiary/aromatic N) is 4. The standard InChI is InChI=1S/C14H18N4O3/c1-11(19)18-6-3-5-17(7-8-18)10-13-15-16-14(21-13)12-4-2-9-20-12/h2,4,9H,3,5-8,10H2,1H3. The molecule has 0 N–H and O–H groups in total. The summed E-state index contributed by atoms with van der Waals surface area (Å²) in [5.41, 5.74) is 0. The first-order valence-corrected chi connectivity index (χ1v) is 7.06. The molecule has 1 aliphatic heterocycles. The fourth-order valence-electron chi connectivity index (χ4n) is 2.45. The molecule has 0 spiro atoms. The van der Waals surface area contributed by atoms with Crippen LogP contribution in [0.5, 0.6) is 0 Å². The molecule has 0 aromatic carbocycles. The van der Waals surface area contributed by atoms with Crippen LogP contribution in [0.25, 0.3) is 11.7 Å². The van der Waals surface area contributed by atoms with Crippen LogP contribution in [0.1, 0.15) is 19.2 Å². The van der Waals surface area contributed by atoms with Crippen LogP contribution in [0.15, 0.2) is 27.2 Å². The Bertz CT molecular complexity index is 593. The van der Waals surface area contributed by atoms with Crippen molar-refractivity contribution in [2.24, 2.45) is 0 Å². The molecular formula is C14H18N4O3. The summed E-state index contributed by atoms with van der Waals surface area (Å²) < 4.78 is 10.8. The maximum atomic E-state index is 11.4. The molecule has 1 aliphatic rings. The second kappa shape index (κ2) is 6.09. The van der Waals surface area contributed by atoms with Crippen LogP contribution in [-0.4, -0.2) is 52.1 Å². The molecule has 1 saturated heterocycles. The van der Waals surface area contributed by atoms with Crippen molar-refractivity contribution in [3.05, 3.63) is 24.3 Å². The molecule has 21 heavy (non-hydrogen) atoms. The Labute approximate surface area is 122 Å². The third-order valence-electron chi connectivity index (χ3n) is 3.59. The molecule has 0 saturated carbocycles. The lowest BCUT2D eigenvalue weighted by Gasteiger charge is -2.19. The molecule has 0 atom stereocenters. The molecule has 2 aromatic heterocycles. The average Bonchev–Trinajstić information content (AvgIpc) is 3.07. The van der Waals surface area contributed by atoms with Gasteiger partial charge >= 0.3 is 0 Å². The monoisotopic (exact) mass is 290 g/mol. The minimum atomic E-state index is 0.134. The zero-order valence-corrected chi connectivity index (χ0v) is 12.0. The van der Waals surface area contributed by atoms with Gasteiger partial charge in [-0.15, -0.1) is 10.2 Å². The normalized spacial score (nSPS) is 16.9. The fourth-order valence-corrected chi connectivity index (χ4v) is 2.45.